The second kappa shape index (κ2) is 5.89. The summed E-state index contributed by atoms with van der Waals surface area (Å²) in [6.45, 7) is 5.99. The van der Waals surface area contributed by atoms with E-state index in [1.54, 1.807) is 0 Å². The van der Waals surface area contributed by atoms with Crippen molar-refractivity contribution in [1.29, 1.82) is 5.26 Å². The van der Waals surface area contributed by atoms with E-state index in [1.165, 1.54) is 13.2 Å². The van der Waals surface area contributed by atoms with E-state index in [9.17, 15) is 19.6 Å². The van der Waals surface area contributed by atoms with E-state index in [-0.39, 0.29) is 29.3 Å². The minimum absolute atomic E-state index is 0.0465. The lowest BCUT2D eigenvalue weighted by molar-refractivity contribution is -0.151. The number of nitrogens with zero attached hydrogens (tertiary/aromatic N) is 1. The summed E-state index contributed by atoms with van der Waals surface area (Å²) in [6, 6.07) is 2.42. The molecule has 0 aromatic heterocycles. The highest BCUT2D eigenvalue weighted by Gasteiger charge is 2.66. The Balaban J connectivity index is 1.94. The maximum atomic E-state index is 13.4. The summed E-state index contributed by atoms with van der Waals surface area (Å²) in [7, 11) is 1.53. The van der Waals surface area contributed by atoms with Crippen molar-refractivity contribution in [3.63, 3.8) is 0 Å². The molecule has 5 atom stereocenters. The molecule has 0 unspecified atom stereocenters. The Morgan fingerprint density at radius 2 is 1.96 bits per heavy atom. The fourth-order valence-corrected chi connectivity index (χ4v) is 6.77. The van der Waals surface area contributed by atoms with E-state index in [2.05, 4.69) is 13.0 Å². The maximum absolute atomic E-state index is 13.4. The van der Waals surface area contributed by atoms with E-state index in [0.717, 1.165) is 24.7 Å². The Kier molecular flexibility index (Phi) is 4.02. The summed E-state index contributed by atoms with van der Waals surface area (Å²) in [5, 5.41) is 9.59. The minimum atomic E-state index is -1.21. The predicted octanol–water partition coefficient (Wildman–Crippen LogP) is 3.55. The number of hydrogen-bond acceptors (Lipinski definition) is 5. The number of ether oxygens (including phenoxy) is 1. The molecule has 4 aliphatic rings. The van der Waals surface area contributed by atoms with Gasteiger partial charge in [-0.05, 0) is 37.2 Å². The molecule has 0 bridgehead atoms. The van der Waals surface area contributed by atoms with Crippen LogP contribution in [0.5, 0.6) is 0 Å². The van der Waals surface area contributed by atoms with Gasteiger partial charge in [-0.25, -0.2) is 0 Å². The number of rotatable bonds is 2. The SMILES string of the molecule is COC1=CC(=O)[C@@]2(C=O)[C@H](CC(=O)C3=C4CC[C@H](C#N)[C@@]4(C)CC[C@@H]32)C1(C)C. The Morgan fingerprint density at radius 3 is 2.57 bits per heavy atom. The molecule has 5 nitrogen and oxygen atoms in total. The summed E-state index contributed by atoms with van der Waals surface area (Å²) in [4.78, 5) is 39.3. The highest BCUT2D eigenvalue weighted by atomic mass is 16.5. The molecule has 0 aromatic carbocycles. The lowest BCUT2D eigenvalue weighted by atomic mass is 9.45. The Hall–Kier alpha value is -2.22. The molecule has 0 aromatic rings. The number of Topliss-reactive ketones (excluding diaryl/α,β-unsaturated/α-hetero) is 1. The molecule has 0 spiro atoms. The van der Waals surface area contributed by atoms with Crippen molar-refractivity contribution in [3.8, 4) is 6.07 Å². The van der Waals surface area contributed by atoms with Crippen LogP contribution in [0.25, 0.3) is 0 Å². The van der Waals surface area contributed by atoms with E-state index in [4.69, 9.17) is 4.74 Å². The topological polar surface area (TPSA) is 84.2 Å². The Bertz CT molecular complexity index is 889. The van der Waals surface area contributed by atoms with Crippen molar-refractivity contribution in [2.75, 3.05) is 7.11 Å². The summed E-state index contributed by atoms with van der Waals surface area (Å²) in [5.41, 5.74) is -0.386. The first-order valence-corrected chi connectivity index (χ1v) is 10.1. The molecule has 0 radical (unpaired) electrons. The number of ketones is 2. The fraction of sp³-hybridized carbons (Fsp3) is 0.652. The van der Waals surface area contributed by atoms with Crippen LogP contribution in [0.15, 0.2) is 23.0 Å². The highest BCUT2D eigenvalue weighted by Crippen LogP contribution is 2.65. The zero-order valence-electron chi connectivity index (χ0n) is 17.0. The van der Waals surface area contributed by atoms with E-state index in [0.29, 0.717) is 24.2 Å². The number of allylic oxidation sites excluding steroid dienone is 4. The van der Waals surface area contributed by atoms with Crippen LogP contribution < -0.4 is 0 Å². The molecule has 5 heteroatoms. The molecule has 4 rings (SSSR count). The van der Waals surface area contributed by atoms with Crippen LogP contribution in [-0.4, -0.2) is 25.0 Å². The summed E-state index contributed by atoms with van der Waals surface area (Å²) in [5.74, 6) is -0.562. The molecule has 148 valence electrons. The second-order valence-corrected chi connectivity index (χ2v) is 9.65. The Labute approximate surface area is 165 Å². The van der Waals surface area contributed by atoms with Crippen molar-refractivity contribution in [2.24, 2.45) is 34.0 Å². The number of fused-ring (bicyclic) bond motifs is 4. The highest BCUT2D eigenvalue weighted by molar-refractivity contribution is 6.12. The summed E-state index contributed by atoms with van der Waals surface area (Å²) >= 11 is 0. The number of aldehydes is 1. The van der Waals surface area contributed by atoms with Gasteiger partial charge in [-0.2, -0.15) is 5.26 Å². The number of carbonyl (C=O) groups excluding carboxylic acids is 3. The molecule has 4 aliphatic carbocycles. The first kappa shape index (κ1) is 19.1. The van der Waals surface area contributed by atoms with Gasteiger partial charge in [0.15, 0.2) is 11.6 Å². The molecular weight excluding hydrogens is 354 g/mol. The van der Waals surface area contributed by atoms with Crippen LogP contribution in [0.2, 0.25) is 0 Å². The monoisotopic (exact) mass is 381 g/mol. The normalized spacial score (nSPS) is 41.4. The molecule has 0 amide bonds. The van der Waals surface area contributed by atoms with Crippen molar-refractivity contribution in [3.05, 3.63) is 23.0 Å². The number of nitriles is 1. The van der Waals surface area contributed by atoms with Crippen LogP contribution >= 0.6 is 0 Å². The van der Waals surface area contributed by atoms with Gasteiger partial charge in [-0.1, -0.05) is 26.3 Å². The van der Waals surface area contributed by atoms with Gasteiger partial charge in [-0.3, -0.25) is 9.59 Å². The quantitative estimate of drug-likeness (QED) is 0.539. The lowest BCUT2D eigenvalue weighted by Gasteiger charge is -2.56. The van der Waals surface area contributed by atoms with Gasteiger partial charge < -0.3 is 9.53 Å². The molecular formula is C23H27NO4. The zero-order chi connectivity index (χ0) is 20.5. The number of carbonyl (C=O) groups is 3. The molecule has 0 heterocycles. The first-order valence-electron chi connectivity index (χ1n) is 10.1. The Morgan fingerprint density at radius 1 is 1.25 bits per heavy atom. The van der Waals surface area contributed by atoms with Crippen LogP contribution in [0, 0.1) is 45.3 Å². The molecule has 2 fully saturated rings. The third-order valence-electron chi connectivity index (χ3n) is 8.38. The van der Waals surface area contributed by atoms with Gasteiger partial charge in [0.2, 0.25) is 0 Å². The van der Waals surface area contributed by atoms with Crippen LogP contribution in [0.1, 0.15) is 52.9 Å². The van der Waals surface area contributed by atoms with E-state index < -0.39 is 22.7 Å². The average Bonchev–Trinajstić information content (AvgIpc) is 3.01. The van der Waals surface area contributed by atoms with Crippen LogP contribution in [0.3, 0.4) is 0 Å². The van der Waals surface area contributed by atoms with Gasteiger partial charge >= 0.3 is 0 Å². The van der Waals surface area contributed by atoms with Crippen LogP contribution in [-0.2, 0) is 19.1 Å². The zero-order valence-corrected chi connectivity index (χ0v) is 17.0. The second-order valence-electron chi connectivity index (χ2n) is 9.65. The van der Waals surface area contributed by atoms with Gasteiger partial charge in [-0.15, -0.1) is 0 Å². The lowest BCUT2D eigenvalue weighted by Crippen LogP contribution is -2.60. The third-order valence-corrected chi connectivity index (χ3v) is 8.38. The van der Waals surface area contributed by atoms with Gasteiger partial charge in [0.25, 0.3) is 0 Å². The van der Waals surface area contributed by atoms with Crippen molar-refractivity contribution >= 4 is 17.9 Å². The minimum Gasteiger partial charge on any atom is -0.500 e. The number of methoxy groups -OCH3 is 1. The average molecular weight is 381 g/mol. The predicted molar refractivity (Wildman–Crippen MR) is 102 cm³/mol. The van der Waals surface area contributed by atoms with Crippen molar-refractivity contribution in [2.45, 2.75) is 52.9 Å². The first-order chi connectivity index (χ1) is 13.2. The van der Waals surface area contributed by atoms with Gasteiger partial charge in [0, 0.05) is 29.2 Å². The van der Waals surface area contributed by atoms with Crippen molar-refractivity contribution in [1.82, 2.24) is 0 Å². The fourth-order valence-electron chi connectivity index (χ4n) is 6.77. The third kappa shape index (κ3) is 2.04. The van der Waals surface area contributed by atoms with E-state index in [1.807, 2.05) is 13.8 Å². The summed E-state index contributed by atoms with van der Waals surface area (Å²) < 4.78 is 5.47. The molecule has 0 saturated heterocycles. The smallest absolute Gasteiger partial charge is 0.173 e. The van der Waals surface area contributed by atoms with Gasteiger partial charge in [0.1, 0.15) is 12.0 Å². The molecule has 0 aliphatic heterocycles. The van der Waals surface area contributed by atoms with Crippen molar-refractivity contribution < 1.29 is 19.1 Å². The van der Waals surface area contributed by atoms with Gasteiger partial charge in [0.05, 0.1) is 24.5 Å². The number of hydrogen-bond donors (Lipinski definition) is 0. The standard InChI is InChI=1S/C23H27NO4/c1-21(2)17-9-16(26)20-14-6-5-13(11-24)22(14,3)8-7-15(20)23(17,12-25)18(27)10-19(21)28-4/h10,12-13,15,17H,5-9H2,1-4H3/t13-,15+,17-,22-,23-/m1/s1. The summed E-state index contributed by atoms with van der Waals surface area (Å²) in [6.07, 6.45) is 5.25. The van der Waals surface area contributed by atoms with E-state index >= 15 is 0 Å². The van der Waals surface area contributed by atoms with Crippen LogP contribution in [0.4, 0.5) is 0 Å². The molecule has 28 heavy (non-hydrogen) atoms. The molecule has 2 saturated carbocycles. The molecule has 0 N–H and O–H groups in total. The maximum Gasteiger partial charge on any atom is 0.173 e. The largest absolute Gasteiger partial charge is 0.500 e.